The molecule has 4 N–H and O–H groups in total. The van der Waals surface area contributed by atoms with E-state index in [0.29, 0.717) is 20.0 Å². The van der Waals surface area contributed by atoms with Crippen molar-refractivity contribution in [3.8, 4) is 0 Å². The van der Waals surface area contributed by atoms with Crippen LogP contribution in [-0.4, -0.2) is 43.6 Å². The second-order valence-electron chi connectivity index (χ2n) is 13.1. The van der Waals surface area contributed by atoms with Crippen molar-refractivity contribution in [2.45, 2.75) is 79.6 Å². The molecule has 4 aromatic heterocycles. The summed E-state index contributed by atoms with van der Waals surface area (Å²) in [7, 11) is 0. The molecule has 0 spiro atoms. The summed E-state index contributed by atoms with van der Waals surface area (Å²) in [5.74, 6) is -1.60. The number of hydrogen-bond donors (Lipinski definition) is 4. The van der Waals surface area contributed by atoms with Gasteiger partial charge in [0.1, 0.15) is 42.8 Å². The first-order chi connectivity index (χ1) is 22.7. The van der Waals surface area contributed by atoms with Crippen molar-refractivity contribution >= 4 is 69.0 Å². The van der Waals surface area contributed by atoms with Crippen molar-refractivity contribution in [1.82, 2.24) is 41.2 Å². The lowest BCUT2D eigenvalue weighted by Crippen LogP contribution is -2.34. The summed E-state index contributed by atoms with van der Waals surface area (Å²) in [6, 6.07) is -1.85. The van der Waals surface area contributed by atoms with Gasteiger partial charge in [-0.05, 0) is 23.7 Å². The lowest BCUT2D eigenvalue weighted by atomic mass is 10.0. The van der Waals surface area contributed by atoms with Gasteiger partial charge in [-0.1, -0.05) is 55.4 Å². The molecule has 0 saturated carbocycles. The quantitative estimate of drug-likeness (QED) is 0.189. The van der Waals surface area contributed by atoms with E-state index in [1.165, 1.54) is 45.3 Å². The Morgan fingerprint density at radius 2 is 0.604 bits per heavy atom. The fourth-order valence-electron chi connectivity index (χ4n) is 5.05. The Bertz CT molecular complexity index is 1530. The van der Waals surface area contributed by atoms with Crippen molar-refractivity contribution in [3.63, 3.8) is 0 Å². The third kappa shape index (κ3) is 7.82. The van der Waals surface area contributed by atoms with Crippen LogP contribution in [0.2, 0.25) is 0 Å². The highest BCUT2D eigenvalue weighted by atomic mass is 32.1. The summed E-state index contributed by atoms with van der Waals surface area (Å²) >= 11 is 5.19. The van der Waals surface area contributed by atoms with Crippen LogP contribution in [0.25, 0.3) is 0 Å². The molecule has 8 bridgehead atoms. The molecule has 12 nitrogen and oxygen atoms in total. The average Bonchev–Trinajstić information content (AvgIpc) is 3.85. The van der Waals surface area contributed by atoms with Crippen molar-refractivity contribution in [2.75, 3.05) is 0 Å². The maximum absolute atomic E-state index is 13.5. The van der Waals surface area contributed by atoms with Gasteiger partial charge in [-0.3, -0.25) is 19.2 Å². The van der Waals surface area contributed by atoms with Crippen LogP contribution < -0.4 is 21.3 Å². The minimum Gasteiger partial charge on any atom is -0.341 e. The zero-order chi connectivity index (χ0) is 34.9. The van der Waals surface area contributed by atoms with Gasteiger partial charge < -0.3 is 21.3 Å². The number of nitrogens with one attached hydrogen (secondary N) is 4. The molecule has 0 aliphatic carbocycles. The second kappa shape index (κ2) is 14.9. The molecule has 0 radical (unpaired) electrons. The number of carbonyl (C=O) groups excluding carboxylic acids is 4. The Hall–Kier alpha value is -3.60. The Balaban J connectivity index is 1.53. The number of carbonyl (C=O) groups is 4. The highest BCUT2D eigenvalue weighted by molar-refractivity contribution is 7.10. The van der Waals surface area contributed by atoms with Gasteiger partial charge in [-0.2, -0.15) is 0 Å². The number of thiazole rings is 4. The van der Waals surface area contributed by atoms with Crippen molar-refractivity contribution in [1.29, 1.82) is 0 Å². The third-order valence-corrected chi connectivity index (χ3v) is 11.6. The van der Waals surface area contributed by atoms with E-state index in [1.54, 1.807) is 21.5 Å². The standard InChI is InChI=1S/C32H40N8O4S4/c1-13(2)21-29-33-18(9-45-29)26(42)38-23(15(5)6)31-35-20(11-47-31)28(44)40-24(16(7)8)32-36-19(12-48-32)27(43)39-22(14(3)4)30-34-17(10-46-30)25(41)37-21/h9-16,21-24H,1-8H3,(H,37,41)(H,38,42)(H,39,43)(H,40,44)/t21-,22-,23+,24+. The van der Waals surface area contributed by atoms with E-state index in [9.17, 15) is 19.2 Å². The predicted molar refractivity (Wildman–Crippen MR) is 189 cm³/mol. The van der Waals surface area contributed by atoms with Crippen molar-refractivity contribution < 1.29 is 19.2 Å². The second-order valence-corrected chi connectivity index (χ2v) is 16.6. The fraction of sp³-hybridized carbons (Fsp3) is 0.500. The van der Waals surface area contributed by atoms with Gasteiger partial charge in [0.15, 0.2) is 0 Å². The summed E-state index contributed by atoms with van der Waals surface area (Å²) in [6.07, 6.45) is 0. The highest BCUT2D eigenvalue weighted by Crippen LogP contribution is 2.31. The van der Waals surface area contributed by atoms with Gasteiger partial charge in [0, 0.05) is 21.5 Å². The maximum Gasteiger partial charge on any atom is 0.271 e. The number of amides is 4. The largest absolute Gasteiger partial charge is 0.341 e. The number of hydrogen-bond acceptors (Lipinski definition) is 12. The number of aromatic nitrogens is 4. The fourth-order valence-corrected chi connectivity index (χ4v) is 9.14. The smallest absolute Gasteiger partial charge is 0.271 e. The van der Waals surface area contributed by atoms with E-state index in [4.69, 9.17) is 0 Å². The molecule has 5 rings (SSSR count). The molecule has 16 heteroatoms. The predicted octanol–water partition coefficient (Wildman–Crippen LogP) is 6.33. The van der Waals surface area contributed by atoms with Gasteiger partial charge in [0.2, 0.25) is 0 Å². The summed E-state index contributed by atoms with van der Waals surface area (Å²) < 4.78 is 0. The van der Waals surface area contributed by atoms with E-state index >= 15 is 0 Å². The van der Waals surface area contributed by atoms with Gasteiger partial charge in [0.05, 0.1) is 24.2 Å². The molecular formula is C32H40N8O4S4. The maximum atomic E-state index is 13.5. The van der Waals surface area contributed by atoms with E-state index in [1.807, 2.05) is 55.4 Å². The molecule has 0 unspecified atom stereocenters. The Morgan fingerprint density at radius 1 is 0.417 bits per heavy atom. The zero-order valence-electron chi connectivity index (χ0n) is 28.0. The first-order valence-corrected chi connectivity index (χ1v) is 19.3. The van der Waals surface area contributed by atoms with Crippen LogP contribution in [0.1, 0.15) is 142 Å². The molecule has 1 aliphatic heterocycles. The molecule has 4 amide bonds. The van der Waals surface area contributed by atoms with Gasteiger partial charge in [-0.15, -0.1) is 45.3 Å². The minimum atomic E-state index is -0.463. The van der Waals surface area contributed by atoms with Crippen LogP contribution >= 0.6 is 45.3 Å². The number of rotatable bonds is 4. The molecule has 0 fully saturated rings. The van der Waals surface area contributed by atoms with Crippen LogP contribution in [0.4, 0.5) is 0 Å². The number of fused-ring (bicyclic) bond motifs is 8. The Morgan fingerprint density at radius 3 is 0.771 bits per heavy atom. The molecule has 4 atom stereocenters. The summed E-state index contributed by atoms with van der Waals surface area (Å²) in [5, 5.41) is 21.3. The van der Waals surface area contributed by atoms with Crippen LogP contribution in [-0.2, 0) is 0 Å². The molecule has 5 heterocycles. The molecule has 0 aromatic carbocycles. The minimum absolute atomic E-state index is 0.0306. The highest BCUT2D eigenvalue weighted by Gasteiger charge is 2.31. The summed E-state index contributed by atoms with van der Waals surface area (Å²) in [6.45, 7) is 15.7. The van der Waals surface area contributed by atoms with Gasteiger partial charge in [0.25, 0.3) is 23.6 Å². The number of nitrogens with zero attached hydrogens (tertiary/aromatic N) is 4. The lowest BCUT2D eigenvalue weighted by Gasteiger charge is -2.21. The molecular weight excluding hydrogens is 689 g/mol. The van der Waals surface area contributed by atoms with Crippen LogP contribution in [0.15, 0.2) is 21.5 Å². The van der Waals surface area contributed by atoms with Crippen LogP contribution in [0, 0.1) is 23.7 Å². The summed E-state index contributed by atoms with van der Waals surface area (Å²) in [4.78, 5) is 72.3. The monoisotopic (exact) mass is 728 g/mol. The first-order valence-electron chi connectivity index (χ1n) is 15.8. The van der Waals surface area contributed by atoms with E-state index in [0.717, 1.165) is 0 Å². The molecule has 0 saturated heterocycles. The Kier molecular flexibility index (Phi) is 11.1. The topological polar surface area (TPSA) is 168 Å². The first kappa shape index (κ1) is 35.7. The molecule has 4 aromatic rings. The molecule has 256 valence electrons. The van der Waals surface area contributed by atoms with Crippen LogP contribution in [0.3, 0.4) is 0 Å². The SMILES string of the molecule is CC(C)[C@@H]1NC(=O)c2csc(n2)[C@@H](C(C)C)NC(=O)c2csc(n2)[C@@H](C(C)C)NC(=O)c2csc(n2)[C@H](C(C)C)NC(=O)c2csc1n2. The zero-order valence-corrected chi connectivity index (χ0v) is 31.2. The van der Waals surface area contributed by atoms with Crippen molar-refractivity contribution in [3.05, 3.63) is 64.3 Å². The Labute approximate surface area is 295 Å². The lowest BCUT2D eigenvalue weighted by molar-refractivity contribution is 0.0913. The van der Waals surface area contributed by atoms with E-state index < -0.39 is 24.2 Å². The van der Waals surface area contributed by atoms with E-state index in [-0.39, 0.29) is 70.1 Å². The van der Waals surface area contributed by atoms with Gasteiger partial charge >= 0.3 is 0 Å². The van der Waals surface area contributed by atoms with Crippen LogP contribution in [0.5, 0.6) is 0 Å². The van der Waals surface area contributed by atoms with E-state index in [2.05, 4.69) is 41.2 Å². The molecule has 1 aliphatic rings. The van der Waals surface area contributed by atoms with Gasteiger partial charge in [-0.25, -0.2) is 19.9 Å². The third-order valence-electron chi connectivity index (χ3n) is 7.90. The van der Waals surface area contributed by atoms with Crippen molar-refractivity contribution in [2.24, 2.45) is 23.7 Å². The summed E-state index contributed by atoms with van der Waals surface area (Å²) in [5.41, 5.74) is 0.939. The average molecular weight is 729 g/mol. The molecule has 48 heavy (non-hydrogen) atoms. The normalized spacial score (nSPS) is 21.2.